The van der Waals surface area contributed by atoms with Crippen LogP contribution in [-0.4, -0.2) is 19.3 Å². The number of carbonyl (C=O) groups excluding carboxylic acids is 1. The monoisotopic (exact) mass is 427 g/mol. The van der Waals surface area contributed by atoms with Gasteiger partial charge in [0.15, 0.2) is 0 Å². The van der Waals surface area contributed by atoms with Crippen molar-refractivity contribution in [1.82, 2.24) is 4.98 Å². The molecular formula is C21H18ClN3O3S. The van der Waals surface area contributed by atoms with Gasteiger partial charge in [-0.3, -0.25) is 9.52 Å². The first-order valence-electron chi connectivity index (χ1n) is 8.63. The summed E-state index contributed by atoms with van der Waals surface area (Å²) in [4.78, 5) is 16.2. The lowest BCUT2D eigenvalue weighted by atomic mass is 10.2. The van der Waals surface area contributed by atoms with E-state index in [4.69, 9.17) is 11.6 Å². The van der Waals surface area contributed by atoms with Crippen LogP contribution < -0.4 is 10.0 Å². The number of nitrogens with one attached hydrogen (secondary N) is 2. The number of sulfonamides is 1. The molecule has 1 heterocycles. The first-order valence-corrected chi connectivity index (χ1v) is 10.5. The summed E-state index contributed by atoms with van der Waals surface area (Å²) in [7, 11) is -3.77. The molecule has 1 amide bonds. The Morgan fingerprint density at radius 2 is 1.76 bits per heavy atom. The van der Waals surface area contributed by atoms with Crippen molar-refractivity contribution < 1.29 is 13.2 Å². The van der Waals surface area contributed by atoms with Crippen LogP contribution in [0.2, 0.25) is 5.02 Å². The summed E-state index contributed by atoms with van der Waals surface area (Å²) in [6.45, 7) is 1.91. The molecule has 0 unspecified atom stereocenters. The average Bonchev–Trinajstić information content (AvgIpc) is 2.70. The van der Waals surface area contributed by atoms with Crippen LogP contribution in [-0.2, 0) is 14.8 Å². The van der Waals surface area contributed by atoms with Gasteiger partial charge >= 0.3 is 0 Å². The predicted octanol–water partition coefficient (Wildman–Crippen LogP) is 4.50. The van der Waals surface area contributed by atoms with E-state index in [0.717, 1.165) is 5.56 Å². The second-order valence-electron chi connectivity index (χ2n) is 6.20. The van der Waals surface area contributed by atoms with Crippen molar-refractivity contribution in [2.75, 3.05) is 10.0 Å². The van der Waals surface area contributed by atoms with Crippen molar-refractivity contribution in [3.05, 3.63) is 89.1 Å². The Balaban J connectivity index is 1.66. The number of aryl methyl sites for hydroxylation is 1. The van der Waals surface area contributed by atoms with E-state index in [1.165, 1.54) is 18.2 Å². The standard InChI is InChI=1S/C21H18ClN3O3S/c1-15-6-12-20(23-14-15)24-21(26)13-9-16-7-10-17(11-8-16)29(27,28)25-19-5-3-2-4-18(19)22/h2-14,25H,1H3,(H,23,24,26)/b13-9+. The van der Waals surface area contributed by atoms with Gasteiger partial charge in [0.05, 0.1) is 15.6 Å². The van der Waals surface area contributed by atoms with Gasteiger partial charge in [0.2, 0.25) is 5.91 Å². The number of hydrogen-bond donors (Lipinski definition) is 2. The molecule has 0 spiro atoms. The minimum Gasteiger partial charge on any atom is -0.307 e. The van der Waals surface area contributed by atoms with Gasteiger partial charge in [0.1, 0.15) is 5.82 Å². The second kappa shape index (κ2) is 8.89. The number of carbonyl (C=O) groups is 1. The third-order valence-electron chi connectivity index (χ3n) is 3.90. The Morgan fingerprint density at radius 1 is 1.03 bits per heavy atom. The van der Waals surface area contributed by atoms with Crippen LogP contribution in [0.3, 0.4) is 0 Å². The molecule has 0 atom stereocenters. The van der Waals surface area contributed by atoms with E-state index in [2.05, 4.69) is 15.0 Å². The number of para-hydroxylation sites is 1. The SMILES string of the molecule is Cc1ccc(NC(=O)/C=C/c2ccc(S(=O)(=O)Nc3ccccc3Cl)cc2)nc1. The molecule has 29 heavy (non-hydrogen) atoms. The summed E-state index contributed by atoms with van der Waals surface area (Å²) in [5, 5.41) is 2.96. The van der Waals surface area contributed by atoms with Gasteiger partial charge in [-0.05, 0) is 54.5 Å². The molecule has 8 heteroatoms. The highest BCUT2D eigenvalue weighted by Crippen LogP contribution is 2.24. The van der Waals surface area contributed by atoms with E-state index in [9.17, 15) is 13.2 Å². The molecule has 0 saturated carbocycles. The molecular weight excluding hydrogens is 410 g/mol. The smallest absolute Gasteiger partial charge is 0.261 e. The van der Waals surface area contributed by atoms with Crippen molar-refractivity contribution in [2.24, 2.45) is 0 Å². The Labute approximate surface area is 174 Å². The van der Waals surface area contributed by atoms with Crippen molar-refractivity contribution in [3.8, 4) is 0 Å². The van der Waals surface area contributed by atoms with E-state index in [1.54, 1.807) is 54.7 Å². The maximum Gasteiger partial charge on any atom is 0.261 e. The minimum atomic E-state index is -3.77. The van der Waals surface area contributed by atoms with Crippen molar-refractivity contribution in [1.29, 1.82) is 0 Å². The lowest BCUT2D eigenvalue weighted by Gasteiger charge is -2.09. The third-order valence-corrected chi connectivity index (χ3v) is 5.61. The van der Waals surface area contributed by atoms with Gasteiger partial charge in [0, 0.05) is 12.3 Å². The van der Waals surface area contributed by atoms with Crippen LogP contribution in [0.5, 0.6) is 0 Å². The highest BCUT2D eigenvalue weighted by atomic mass is 35.5. The molecule has 148 valence electrons. The summed E-state index contributed by atoms with van der Waals surface area (Å²) in [5.74, 6) is 0.121. The molecule has 6 nitrogen and oxygen atoms in total. The first kappa shape index (κ1) is 20.6. The number of amides is 1. The van der Waals surface area contributed by atoms with Crippen LogP contribution in [0, 0.1) is 6.92 Å². The Kier molecular flexibility index (Phi) is 6.31. The number of aromatic nitrogens is 1. The summed E-state index contributed by atoms with van der Waals surface area (Å²) in [5.41, 5.74) is 1.98. The number of anilines is 2. The van der Waals surface area contributed by atoms with E-state index in [0.29, 0.717) is 22.1 Å². The maximum absolute atomic E-state index is 12.5. The molecule has 0 fully saturated rings. The van der Waals surface area contributed by atoms with Gasteiger partial charge in [0.25, 0.3) is 10.0 Å². The van der Waals surface area contributed by atoms with Crippen molar-refractivity contribution in [3.63, 3.8) is 0 Å². The Bertz CT molecular complexity index is 1140. The number of halogens is 1. The summed E-state index contributed by atoms with van der Waals surface area (Å²) < 4.78 is 27.5. The zero-order chi connectivity index (χ0) is 20.9. The van der Waals surface area contributed by atoms with E-state index in [1.807, 2.05) is 13.0 Å². The molecule has 0 saturated heterocycles. The second-order valence-corrected chi connectivity index (χ2v) is 8.29. The third kappa shape index (κ3) is 5.66. The highest BCUT2D eigenvalue weighted by Gasteiger charge is 2.15. The Morgan fingerprint density at radius 3 is 2.41 bits per heavy atom. The van der Waals surface area contributed by atoms with Gasteiger partial charge in [-0.15, -0.1) is 0 Å². The van der Waals surface area contributed by atoms with Gasteiger partial charge in [-0.2, -0.15) is 0 Å². The van der Waals surface area contributed by atoms with Gasteiger partial charge < -0.3 is 5.32 Å². The molecule has 0 aliphatic heterocycles. The topological polar surface area (TPSA) is 88.2 Å². The highest BCUT2D eigenvalue weighted by molar-refractivity contribution is 7.92. The zero-order valence-electron chi connectivity index (χ0n) is 15.5. The summed E-state index contributed by atoms with van der Waals surface area (Å²) in [6.07, 6.45) is 4.60. The molecule has 0 aliphatic rings. The average molecular weight is 428 g/mol. The normalized spacial score (nSPS) is 11.4. The number of pyridine rings is 1. The molecule has 2 aromatic carbocycles. The minimum absolute atomic E-state index is 0.0860. The van der Waals surface area contributed by atoms with E-state index < -0.39 is 10.0 Å². The number of rotatable bonds is 6. The molecule has 0 aliphatic carbocycles. The molecule has 0 radical (unpaired) electrons. The molecule has 0 bridgehead atoms. The largest absolute Gasteiger partial charge is 0.307 e. The Hall–Kier alpha value is -3.16. The number of nitrogens with zero attached hydrogens (tertiary/aromatic N) is 1. The van der Waals surface area contributed by atoms with Gasteiger partial charge in [-0.25, -0.2) is 13.4 Å². The van der Waals surface area contributed by atoms with Crippen LogP contribution >= 0.6 is 11.6 Å². The fraction of sp³-hybridized carbons (Fsp3) is 0.0476. The van der Waals surface area contributed by atoms with E-state index >= 15 is 0 Å². The van der Waals surface area contributed by atoms with Crippen LogP contribution in [0.15, 0.2) is 77.8 Å². The summed E-state index contributed by atoms with van der Waals surface area (Å²) in [6, 6.07) is 16.3. The fourth-order valence-corrected chi connectivity index (χ4v) is 3.71. The van der Waals surface area contributed by atoms with Crippen LogP contribution in [0.25, 0.3) is 6.08 Å². The number of benzene rings is 2. The first-order chi connectivity index (χ1) is 13.8. The molecule has 3 aromatic rings. The maximum atomic E-state index is 12.5. The fourth-order valence-electron chi connectivity index (χ4n) is 2.39. The lowest BCUT2D eigenvalue weighted by molar-refractivity contribution is -0.111. The van der Waals surface area contributed by atoms with E-state index in [-0.39, 0.29) is 10.8 Å². The number of hydrogen-bond acceptors (Lipinski definition) is 4. The van der Waals surface area contributed by atoms with Crippen LogP contribution in [0.1, 0.15) is 11.1 Å². The zero-order valence-corrected chi connectivity index (χ0v) is 17.0. The molecule has 3 rings (SSSR count). The van der Waals surface area contributed by atoms with Gasteiger partial charge in [-0.1, -0.05) is 41.9 Å². The lowest BCUT2D eigenvalue weighted by Crippen LogP contribution is -2.13. The quantitative estimate of drug-likeness (QED) is 0.567. The molecule has 2 N–H and O–H groups in total. The predicted molar refractivity (Wildman–Crippen MR) is 115 cm³/mol. The van der Waals surface area contributed by atoms with Crippen molar-refractivity contribution >= 4 is 45.1 Å². The summed E-state index contributed by atoms with van der Waals surface area (Å²) >= 11 is 6.00. The van der Waals surface area contributed by atoms with Crippen molar-refractivity contribution in [2.45, 2.75) is 11.8 Å². The molecule has 1 aromatic heterocycles. The van der Waals surface area contributed by atoms with Crippen LogP contribution in [0.4, 0.5) is 11.5 Å².